The molecule has 1 saturated heterocycles. The number of anilines is 1. The van der Waals surface area contributed by atoms with Crippen LogP contribution in [0.2, 0.25) is 0 Å². The molecule has 1 unspecified atom stereocenters. The predicted molar refractivity (Wildman–Crippen MR) is 90.6 cm³/mol. The number of ether oxygens (including phenoxy) is 1. The van der Waals surface area contributed by atoms with E-state index in [1.54, 1.807) is 12.3 Å². The zero-order valence-electron chi connectivity index (χ0n) is 14.3. The lowest BCUT2D eigenvalue weighted by Crippen LogP contribution is -2.37. The Labute approximate surface area is 153 Å². The van der Waals surface area contributed by atoms with E-state index < -0.39 is 24.5 Å². The second kappa shape index (κ2) is 6.98. The van der Waals surface area contributed by atoms with Gasteiger partial charge in [0.25, 0.3) is 5.91 Å². The van der Waals surface area contributed by atoms with Gasteiger partial charge in [0.05, 0.1) is 19.3 Å². The van der Waals surface area contributed by atoms with Crippen molar-refractivity contribution in [1.82, 2.24) is 10.5 Å². The van der Waals surface area contributed by atoms with Gasteiger partial charge in [-0.25, -0.2) is 4.79 Å². The summed E-state index contributed by atoms with van der Waals surface area (Å²) in [4.78, 5) is 24.6. The highest BCUT2D eigenvalue weighted by atomic mass is 19.3. The standard InChI is InChI=1S/C18H17F2N3O4/c19-16(20)17(24)21-8-13-9-23(18(25)26-13)12-4-5-14-10(6-12)2-1-3-11-7-22-27-15(11)14/h4-7,13,16H,1-3,8-9H2,(H,21,24). The Morgan fingerprint density at radius 1 is 1.33 bits per heavy atom. The van der Waals surface area contributed by atoms with Gasteiger partial charge >= 0.3 is 12.5 Å². The van der Waals surface area contributed by atoms with E-state index >= 15 is 0 Å². The van der Waals surface area contributed by atoms with Crippen molar-refractivity contribution < 1.29 is 27.6 Å². The summed E-state index contributed by atoms with van der Waals surface area (Å²) in [6.07, 6.45) is 0.0418. The first kappa shape index (κ1) is 17.4. The molecule has 0 saturated carbocycles. The Bertz CT molecular complexity index is 883. The molecule has 2 amide bonds. The first-order chi connectivity index (χ1) is 13.0. The maximum absolute atomic E-state index is 12.3. The van der Waals surface area contributed by atoms with E-state index in [1.165, 1.54) is 4.90 Å². The zero-order chi connectivity index (χ0) is 19.0. The summed E-state index contributed by atoms with van der Waals surface area (Å²) in [5.41, 5.74) is 3.73. The monoisotopic (exact) mass is 377 g/mol. The molecule has 2 aliphatic rings. The number of rotatable bonds is 4. The van der Waals surface area contributed by atoms with Crippen LogP contribution in [0.5, 0.6) is 0 Å². The number of halogens is 2. The van der Waals surface area contributed by atoms with Crippen molar-refractivity contribution in [3.63, 3.8) is 0 Å². The second-order valence-corrected chi connectivity index (χ2v) is 6.54. The summed E-state index contributed by atoms with van der Waals surface area (Å²) in [5.74, 6) is -0.622. The molecule has 0 bridgehead atoms. The van der Waals surface area contributed by atoms with E-state index in [9.17, 15) is 18.4 Å². The highest BCUT2D eigenvalue weighted by Crippen LogP contribution is 2.35. The van der Waals surface area contributed by atoms with Gasteiger partial charge in [-0.3, -0.25) is 9.69 Å². The fourth-order valence-electron chi connectivity index (χ4n) is 3.44. The number of alkyl halides is 2. The molecule has 1 aromatic carbocycles. The highest BCUT2D eigenvalue weighted by molar-refractivity contribution is 5.90. The first-order valence-corrected chi connectivity index (χ1v) is 8.64. The number of nitrogens with zero attached hydrogens (tertiary/aromatic N) is 2. The quantitative estimate of drug-likeness (QED) is 0.885. The van der Waals surface area contributed by atoms with Gasteiger partial charge in [-0.1, -0.05) is 5.16 Å². The Morgan fingerprint density at radius 2 is 2.15 bits per heavy atom. The molecule has 0 radical (unpaired) electrons. The fraction of sp³-hybridized carbons (Fsp3) is 0.389. The molecule has 142 valence electrons. The Hall–Kier alpha value is -2.97. The highest BCUT2D eigenvalue weighted by Gasteiger charge is 2.33. The molecule has 7 nitrogen and oxygen atoms in total. The molecule has 1 atom stereocenters. The molecule has 27 heavy (non-hydrogen) atoms. The predicted octanol–water partition coefficient (Wildman–Crippen LogP) is 2.54. The smallest absolute Gasteiger partial charge is 0.414 e. The van der Waals surface area contributed by atoms with Crippen LogP contribution in [0.15, 0.2) is 28.9 Å². The lowest BCUT2D eigenvalue weighted by Gasteiger charge is -2.15. The van der Waals surface area contributed by atoms with Gasteiger partial charge in [0, 0.05) is 16.8 Å². The third-order valence-electron chi connectivity index (χ3n) is 4.76. The molecule has 1 N–H and O–H groups in total. The number of carbonyl (C=O) groups excluding carboxylic acids is 2. The number of aryl methyl sites for hydroxylation is 2. The molecule has 9 heteroatoms. The van der Waals surface area contributed by atoms with Crippen molar-refractivity contribution >= 4 is 17.7 Å². The minimum Gasteiger partial charge on any atom is -0.442 e. The molecule has 0 spiro atoms. The molecule has 1 aliphatic heterocycles. The van der Waals surface area contributed by atoms with Crippen LogP contribution in [0.1, 0.15) is 17.5 Å². The van der Waals surface area contributed by atoms with Crippen molar-refractivity contribution in [3.05, 3.63) is 35.5 Å². The number of hydrogen-bond donors (Lipinski definition) is 1. The number of aromatic nitrogens is 1. The second-order valence-electron chi connectivity index (χ2n) is 6.54. The third kappa shape index (κ3) is 3.36. The molecule has 1 fully saturated rings. The Kier molecular flexibility index (Phi) is 4.51. The van der Waals surface area contributed by atoms with Crippen LogP contribution in [0.4, 0.5) is 19.3 Å². The van der Waals surface area contributed by atoms with Crippen molar-refractivity contribution in [2.45, 2.75) is 31.8 Å². The largest absolute Gasteiger partial charge is 0.442 e. The number of amides is 2. The number of cyclic esters (lactones) is 1. The van der Waals surface area contributed by atoms with Crippen molar-refractivity contribution in [1.29, 1.82) is 0 Å². The number of benzene rings is 1. The van der Waals surface area contributed by atoms with Gasteiger partial charge < -0.3 is 14.6 Å². The maximum Gasteiger partial charge on any atom is 0.414 e. The number of hydrogen-bond acceptors (Lipinski definition) is 5. The maximum atomic E-state index is 12.3. The molecule has 2 heterocycles. The summed E-state index contributed by atoms with van der Waals surface area (Å²) in [6.45, 7) is 0.0203. The molecule has 1 aliphatic carbocycles. The van der Waals surface area contributed by atoms with E-state index in [2.05, 4.69) is 10.5 Å². The number of fused-ring (bicyclic) bond motifs is 3. The lowest BCUT2D eigenvalue weighted by atomic mass is 10.0. The van der Waals surface area contributed by atoms with Crippen molar-refractivity contribution in [2.75, 3.05) is 18.0 Å². The van der Waals surface area contributed by atoms with Crippen LogP contribution in [0.25, 0.3) is 11.3 Å². The summed E-state index contributed by atoms with van der Waals surface area (Å²) in [7, 11) is 0. The first-order valence-electron chi connectivity index (χ1n) is 8.64. The van der Waals surface area contributed by atoms with Gasteiger partial charge in [-0.2, -0.15) is 8.78 Å². The third-order valence-corrected chi connectivity index (χ3v) is 4.76. The van der Waals surface area contributed by atoms with E-state index in [1.807, 2.05) is 12.1 Å². The number of carbonyl (C=O) groups is 2. The summed E-state index contributed by atoms with van der Waals surface area (Å²) in [6, 6.07) is 5.59. The van der Waals surface area contributed by atoms with Gasteiger partial charge in [0.15, 0.2) is 5.76 Å². The minimum atomic E-state index is -3.09. The minimum absolute atomic E-state index is 0.155. The molecule has 2 aromatic rings. The molecule has 1 aromatic heterocycles. The molecular weight excluding hydrogens is 360 g/mol. The van der Waals surface area contributed by atoms with Crippen molar-refractivity contribution in [3.8, 4) is 11.3 Å². The van der Waals surface area contributed by atoms with E-state index in [0.29, 0.717) is 5.69 Å². The molecular formula is C18H17F2N3O4. The van der Waals surface area contributed by atoms with Crippen LogP contribution in [0.3, 0.4) is 0 Å². The van der Waals surface area contributed by atoms with E-state index in [0.717, 1.165) is 41.7 Å². The normalized spacial score (nSPS) is 18.7. The topological polar surface area (TPSA) is 84.7 Å². The average molecular weight is 377 g/mol. The Balaban J connectivity index is 1.51. The van der Waals surface area contributed by atoms with Crippen LogP contribution in [-0.4, -0.2) is 42.8 Å². The van der Waals surface area contributed by atoms with Crippen LogP contribution in [0, 0.1) is 0 Å². The SMILES string of the molecule is O=C(NCC1CN(c2ccc3c(c2)CCCc2cnoc2-3)C(=O)O1)C(F)F. The summed E-state index contributed by atoms with van der Waals surface area (Å²) in [5, 5.41) is 5.94. The van der Waals surface area contributed by atoms with Crippen LogP contribution in [-0.2, 0) is 22.4 Å². The average Bonchev–Trinajstić information content (AvgIpc) is 3.22. The van der Waals surface area contributed by atoms with Gasteiger partial charge in [0.2, 0.25) is 0 Å². The lowest BCUT2D eigenvalue weighted by molar-refractivity contribution is -0.132. The fourth-order valence-corrected chi connectivity index (χ4v) is 3.44. The zero-order valence-corrected chi connectivity index (χ0v) is 14.3. The van der Waals surface area contributed by atoms with Gasteiger partial charge in [0.1, 0.15) is 6.10 Å². The Morgan fingerprint density at radius 3 is 2.96 bits per heavy atom. The summed E-state index contributed by atoms with van der Waals surface area (Å²) < 4.78 is 35.1. The van der Waals surface area contributed by atoms with Crippen molar-refractivity contribution in [2.24, 2.45) is 0 Å². The van der Waals surface area contributed by atoms with Gasteiger partial charge in [-0.05, 0) is 43.0 Å². The van der Waals surface area contributed by atoms with E-state index in [4.69, 9.17) is 9.26 Å². The van der Waals surface area contributed by atoms with Crippen LogP contribution < -0.4 is 10.2 Å². The summed E-state index contributed by atoms with van der Waals surface area (Å²) >= 11 is 0. The van der Waals surface area contributed by atoms with Crippen LogP contribution >= 0.6 is 0 Å². The molecule has 4 rings (SSSR count). The van der Waals surface area contributed by atoms with E-state index in [-0.39, 0.29) is 13.1 Å². The number of nitrogens with one attached hydrogen (secondary N) is 1. The van der Waals surface area contributed by atoms with Gasteiger partial charge in [-0.15, -0.1) is 0 Å².